The molecule has 1 aliphatic heterocycles. The minimum absolute atomic E-state index is 0.00731. The molecule has 0 saturated heterocycles. The van der Waals surface area contributed by atoms with Crippen molar-refractivity contribution in [3.63, 3.8) is 0 Å². The zero-order chi connectivity index (χ0) is 22.0. The third-order valence-corrected chi connectivity index (χ3v) is 5.24. The van der Waals surface area contributed by atoms with Gasteiger partial charge in [0.05, 0.1) is 29.6 Å². The van der Waals surface area contributed by atoms with Crippen molar-refractivity contribution >= 4 is 28.9 Å². The van der Waals surface area contributed by atoms with E-state index in [1.165, 1.54) is 30.2 Å². The maximum Gasteiger partial charge on any atom is 0.310 e. The maximum absolute atomic E-state index is 13.3. The Hall–Kier alpha value is -3.46. The van der Waals surface area contributed by atoms with Crippen molar-refractivity contribution < 1.29 is 19.2 Å². The first-order chi connectivity index (χ1) is 14.3. The molecule has 0 saturated carbocycles. The number of para-hydroxylation sites is 2. The number of nitrogens with zero attached hydrogens (tertiary/aromatic N) is 4. The van der Waals surface area contributed by atoms with E-state index in [-0.39, 0.29) is 47.9 Å². The van der Waals surface area contributed by atoms with Crippen molar-refractivity contribution in [3.05, 3.63) is 58.1 Å². The van der Waals surface area contributed by atoms with Crippen LogP contribution in [-0.4, -0.2) is 55.6 Å². The molecule has 2 amide bonds. The van der Waals surface area contributed by atoms with E-state index < -0.39 is 4.92 Å². The third-order valence-electron chi connectivity index (χ3n) is 5.24. The highest BCUT2D eigenvalue weighted by Gasteiger charge is 2.33. The van der Waals surface area contributed by atoms with Crippen molar-refractivity contribution in [1.82, 2.24) is 4.90 Å². The van der Waals surface area contributed by atoms with Crippen LogP contribution in [0.5, 0.6) is 5.75 Å². The van der Waals surface area contributed by atoms with Gasteiger partial charge in [0.25, 0.3) is 5.91 Å². The number of benzene rings is 2. The normalized spacial score (nSPS) is 14.9. The Kier molecular flexibility index (Phi) is 6.02. The third kappa shape index (κ3) is 3.84. The summed E-state index contributed by atoms with van der Waals surface area (Å²) in [6.45, 7) is 2.12. The van der Waals surface area contributed by atoms with E-state index in [2.05, 4.69) is 0 Å². The molecular formula is C21H24N4O5. The van der Waals surface area contributed by atoms with Crippen LogP contribution in [0.4, 0.5) is 17.1 Å². The number of amides is 2. The van der Waals surface area contributed by atoms with Crippen LogP contribution in [0.25, 0.3) is 0 Å². The molecule has 2 aromatic rings. The predicted octanol–water partition coefficient (Wildman–Crippen LogP) is 2.89. The molecule has 0 radical (unpaired) electrons. The summed E-state index contributed by atoms with van der Waals surface area (Å²) in [7, 11) is 5.09. The Morgan fingerprint density at radius 3 is 2.47 bits per heavy atom. The highest BCUT2D eigenvalue weighted by atomic mass is 16.6. The van der Waals surface area contributed by atoms with E-state index in [4.69, 9.17) is 4.74 Å². The number of hydrogen-bond donors (Lipinski definition) is 0. The highest BCUT2D eigenvalue weighted by Crippen LogP contribution is 2.36. The molecule has 0 aromatic heterocycles. The van der Waals surface area contributed by atoms with Gasteiger partial charge in [0.1, 0.15) is 0 Å². The zero-order valence-corrected chi connectivity index (χ0v) is 17.4. The van der Waals surface area contributed by atoms with Gasteiger partial charge in [-0.1, -0.05) is 12.1 Å². The first-order valence-corrected chi connectivity index (χ1v) is 9.48. The fourth-order valence-corrected chi connectivity index (χ4v) is 3.45. The van der Waals surface area contributed by atoms with Crippen LogP contribution in [0.15, 0.2) is 42.5 Å². The number of carbonyl (C=O) groups excluding carboxylic acids is 2. The van der Waals surface area contributed by atoms with Crippen LogP contribution in [0.3, 0.4) is 0 Å². The van der Waals surface area contributed by atoms with E-state index >= 15 is 0 Å². The summed E-state index contributed by atoms with van der Waals surface area (Å²) in [5, 5.41) is 11.1. The molecule has 0 aliphatic carbocycles. The van der Waals surface area contributed by atoms with Crippen LogP contribution in [0, 0.1) is 10.1 Å². The zero-order valence-electron chi connectivity index (χ0n) is 17.4. The van der Waals surface area contributed by atoms with E-state index in [1.54, 1.807) is 11.0 Å². The number of ether oxygens (including phenoxy) is 1. The molecule has 9 nitrogen and oxygen atoms in total. The number of methoxy groups -OCH3 is 1. The molecule has 9 heteroatoms. The molecule has 0 N–H and O–H groups in total. The molecular weight excluding hydrogens is 388 g/mol. The SMILES string of the molecule is COc1cc(C(=O)N2CCC(=O)N(C(C)N(C)C)c3ccccc32)ccc1[N+](=O)[O-]. The Balaban J connectivity index is 2.06. The van der Waals surface area contributed by atoms with Crippen molar-refractivity contribution in [2.45, 2.75) is 19.5 Å². The first kappa shape index (κ1) is 21.3. The molecule has 1 atom stereocenters. The molecule has 1 aliphatic rings. The van der Waals surface area contributed by atoms with Gasteiger partial charge in [0, 0.05) is 30.7 Å². The lowest BCUT2D eigenvalue weighted by Gasteiger charge is -2.34. The molecule has 2 aromatic carbocycles. The number of fused-ring (bicyclic) bond motifs is 1. The molecule has 0 spiro atoms. The van der Waals surface area contributed by atoms with Gasteiger partial charge in [0.15, 0.2) is 5.75 Å². The van der Waals surface area contributed by atoms with Gasteiger partial charge in [-0.2, -0.15) is 0 Å². The molecule has 3 rings (SSSR count). The largest absolute Gasteiger partial charge is 0.490 e. The Labute approximate surface area is 174 Å². The summed E-state index contributed by atoms with van der Waals surface area (Å²) >= 11 is 0. The number of rotatable bonds is 5. The van der Waals surface area contributed by atoms with Gasteiger partial charge in [-0.25, -0.2) is 0 Å². The van der Waals surface area contributed by atoms with Gasteiger partial charge in [-0.05, 0) is 39.2 Å². The van der Waals surface area contributed by atoms with Gasteiger partial charge in [-0.15, -0.1) is 0 Å². The van der Waals surface area contributed by atoms with Gasteiger partial charge in [-0.3, -0.25) is 29.5 Å². The maximum atomic E-state index is 13.3. The van der Waals surface area contributed by atoms with Crippen LogP contribution < -0.4 is 14.5 Å². The van der Waals surface area contributed by atoms with Crippen LogP contribution in [0.2, 0.25) is 0 Å². The Morgan fingerprint density at radius 1 is 1.20 bits per heavy atom. The van der Waals surface area contributed by atoms with E-state index in [0.29, 0.717) is 11.4 Å². The van der Waals surface area contributed by atoms with Gasteiger partial charge >= 0.3 is 5.69 Å². The first-order valence-electron chi connectivity index (χ1n) is 9.48. The van der Waals surface area contributed by atoms with Crippen molar-refractivity contribution in [1.29, 1.82) is 0 Å². The number of anilines is 2. The molecule has 1 unspecified atom stereocenters. The monoisotopic (exact) mass is 412 g/mol. The number of carbonyl (C=O) groups is 2. The topological polar surface area (TPSA) is 96.2 Å². The quantitative estimate of drug-likeness (QED) is 0.553. The van der Waals surface area contributed by atoms with E-state index in [9.17, 15) is 19.7 Å². The van der Waals surface area contributed by atoms with Crippen molar-refractivity contribution in [2.24, 2.45) is 0 Å². The second-order valence-electron chi connectivity index (χ2n) is 7.20. The van der Waals surface area contributed by atoms with Gasteiger partial charge < -0.3 is 9.64 Å². The van der Waals surface area contributed by atoms with E-state index in [1.807, 2.05) is 44.1 Å². The minimum atomic E-state index is -0.562. The second-order valence-corrected chi connectivity index (χ2v) is 7.20. The fraction of sp³-hybridized carbons (Fsp3) is 0.333. The van der Waals surface area contributed by atoms with E-state index in [0.717, 1.165) is 0 Å². The average Bonchev–Trinajstić information content (AvgIpc) is 2.88. The lowest BCUT2D eigenvalue weighted by atomic mass is 10.1. The number of hydrogen-bond acceptors (Lipinski definition) is 6. The molecule has 0 fully saturated rings. The fourth-order valence-electron chi connectivity index (χ4n) is 3.45. The summed E-state index contributed by atoms with van der Waals surface area (Å²) < 4.78 is 5.09. The summed E-state index contributed by atoms with van der Waals surface area (Å²) in [6, 6.07) is 11.3. The molecule has 30 heavy (non-hydrogen) atoms. The minimum Gasteiger partial charge on any atom is -0.490 e. The average molecular weight is 412 g/mol. The number of nitro benzene ring substituents is 1. The Bertz CT molecular complexity index is 991. The lowest BCUT2D eigenvalue weighted by molar-refractivity contribution is -0.385. The van der Waals surface area contributed by atoms with Crippen LogP contribution >= 0.6 is 0 Å². The number of nitro groups is 1. The smallest absolute Gasteiger partial charge is 0.310 e. The summed E-state index contributed by atoms with van der Waals surface area (Å²) in [6.07, 6.45) is -0.0453. The molecule has 158 valence electrons. The second kappa shape index (κ2) is 8.50. The van der Waals surface area contributed by atoms with Crippen molar-refractivity contribution in [2.75, 3.05) is 37.5 Å². The highest BCUT2D eigenvalue weighted by molar-refractivity contribution is 6.11. The predicted molar refractivity (Wildman–Crippen MR) is 113 cm³/mol. The van der Waals surface area contributed by atoms with Crippen LogP contribution in [-0.2, 0) is 4.79 Å². The summed E-state index contributed by atoms with van der Waals surface area (Å²) in [5.74, 6) is -0.434. The standard InChI is InChI=1S/C21H24N4O5/c1-14(22(2)3)24-17-8-6-5-7-16(17)23(12-11-20(24)26)21(27)15-9-10-18(25(28)29)19(13-15)30-4/h5-10,13-14H,11-12H2,1-4H3. The summed E-state index contributed by atoms with van der Waals surface area (Å²) in [5.41, 5.74) is 1.28. The van der Waals surface area contributed by atoms with Crippen molar-refractivity contribution in [3.8, 4) is 5.75 Å². The lowest BCUT2D eigenvalue weighted by Crippen LogP contribution is -2.46. The Morgan fingerprint density at radius 2 is 1.87 bits per heavy atom. The summed E-state index contributed by atoms with van der Waals surface area (Å²) in [4.78, 5) is 42.0. The molecule has 1 heterocycles. The molecule has 0 bridgehead atoms. The van der Waals surface area contributed by atoms with Crippen LogP contribution in [0.1, 0.15) is 23.7 Å². The van der Waals surface area contributed by atoms with Gasteiger partial charge in [0.2, 0.25) is 5.91 Å².